The van der Waals surface area contributed by atoms with Gasteiger partial charge in [0.25, 0.3) is 0 Å². The number of nitrogens with zero attached hydrogens (tertiary/aromatic N) is 1. The molecule has 0 radical (unpaired) electrons. The van der Waals surface area contributed by atoms with Crippen molar-refractivity contribution in [3.63, 3.8) is 0 Å². The summed E-state index contributed by atoms with van der Waals surface area (Å²) in [6, 6.07) is 11.2. The standard InChI is InChI=1S/C21H14Cl2N2O3/c22-11-5-6-13(14(23)9-11)19(26)18-16-15(20(27)24-21(16)28)17-12-4-2-1-3-10(12)7-8-25(17)18/h1-9,15-18H,(H,24,27,28)/t15-,16-,17-,18+/m0/s1. The lowest BCUT2D eigenvalue weighted by molar-refractivity contribution is -0.127. The fraction of sp³-hybridized carbons (Fsp3) is 0.190. The highest BCUT2D eigenvalue weighted by molar-refractivity contribution is 6.37. The summed E-state index contributed by atoms with van der Waals surface area (Å²) in [6.45, 7) is 0. The molecule has 2 saturated heterocycles. The van der Waals surface area contributed by atoms with Gasteiger partial charge in [-0.05, 0) is 35.4 Å². The van der Waals surface area contributed by atoms with Crippen LogP contribution in [0.15, 0.2) is 48.7 Å². The summed E-state index contributed by atoms with van der Waals surface area (Å²) in [5.41, 5.74) is 2.20. The second-order valence-electron chi connectivity index (χ2n) is 7.18. The Morgan fingerprint density at radius 1 is 1.00 bits per heavy atom. The predicted molar refractivity (Wildman–Crippen MR) is 105 cm³/mol. The molecule has 0 aromatic heterocycles. The van der Waals surface area contributed by atoms with E-state index < -0.39 is 23.8 Å². The van der Waals surface area contributed by atoms with Gasteiger partial charge in [-0.25, -0.2) is 0 Å². The first-order valence-electron chi connectivity index (χ1n) is 8.86. The van der Waals surface area contributed by atoms with E-state index in [2.05, 4.69) is 5.32 Å². The van der Waals surface area contributed by atoms with Crippen LogP contribution in [0.25, 0.3) is 6.08 Å². The number of amides is 2. The minimum atomic E-state index is -0.815. The number of fused-ring (bicyclic) bond motifs is 5. The molecule has 0 unspecified atom stereocenters. The molecule has 2 aromatic carbocycles. The van der Waals surface area contributed by atoms with Gasteiger partial charge in [0.1, 0.15) is 6.04 Å². The summed E-state index contributed by atoms with van der Waals surface area (Å²) in [5, 5.41) is 3.05. The van der Waals surface area contributed by atoms with Crippen LogP contribution in [0.4, 0.5) is 0 Å². The van der Waals surface area contributed by atoms with Gasteiger partial charge < -0.3 is 4.90 Å². The Morgan fingerprint density at radius 3 is 2.54 bits per heavy atom. The Balaban J connectivity index is 1.65. The summed E-state index contributed by atoms with van der Waals surface area (Å²) < 4.78 is 0. The summed E-state index contributed by atoms with van der Waals surface area (Å²) >= 11 is 12.2. The Kier molecular flexibility index (Phi) is 3.86. The minimum absolute atomic E-state index is 0.226. The minimum Gasteiger partial charge on any atom is -0.358 e. The summed E-state index contributed by atoms with van der Waals surface area (Å²) in [4.78, 5) is 40.5. The van der Waals surface area contributed by atoms with Gasteiger partial charge in [-0.1, -0.05) is 47.5 Å². The zero-order valence-electron chi connectivity index (χ0n) is 14.4. The Labute approximate surface area is 170 Å². The average Bonchev–Trinajstić information content (AvgIpc) is 3.16. The molecule has 2 aromatic rings. The number of benzene rings is 2. The maximum atomic E-state index is 13.4. The predicted octanol–water partition coefficient (Wildman–Crippen LogP) is 3.47. The van der Waals surface area contributed by atoms with Gasteiger partial charge >= 0.3 is 0 Å². The van der Waals surface area contributed by atoms with E-state index in [9.17, 15) is 14.4 Å². The third kappa shape index (κ3) is 2.36. The van der Waals surface area contributed by atoms with Gasteiger partial charge in [0.05, 0.1) is 22.9 Å². The highest BCUT2D eigenvalue weighted by atomic mass is 35.5. The third-order valence-electron chi connectivity index (χ3n) is 5.77. The number of ketones is 1. The van der Waals surface area contributed by atoms with E-state index >= 15 is 0 Å². The number of carbonyl (C=O) groups is 3. The highest BCUT2D eigenvalue weighted by Crippen LogP contribution is 2.51. The van der Waals surface area contributed by atoms with Gasteiger partial charge in [0.15, 0.2) is 5.78 Å². The molecule has 28 heavy (non-hydrogen) atoms. The van der Waals surface area contributed by atoms with Crippen molar-refractivity contribution in [3.8, 4) is 0 Å². The van der Waals surface area contributed by atoms with Crippen molar-refractivity contribution in [3.05, 3.63) is 75.4 Å². The summed E-state index contributed by atoms with van der Waals surface area (Å²) in [7, 11) is 0. The average molecular weight is 413 g/mol. The van der Waals surface area contributed by atoms with Crippen LogP contribution in [0.2, 0.25) is 10.0 Å². The zero-order valence-corrected chi connectivity index (χ0v) is 15.9. The molecule has 3 heterocycles. The number of carbonyl (C=O) groups excluding carboxylic acids is 3. The molecule has 5 rings (SSSR count). The molecule has 3 aliphatic heterocycles. The van der Waals surface area contributed by atoms with Crippen molar-refractivity contribution in [2.45, 2.75) is 12.1 Å². The number of halogens is 2. The molecular weight excluding hydrogens is 399 g/mol. The topological polar surface area (TPSA) is 66.5 Å². The number of imide groups is 1. The van der Waals surface area contributed by atoms with Crippen molar-refractivity contribution in [1.82, 2.24) is 10.2 Å². The Morgan fingerprint density at radius 2 is 1.75 bits per heavy atom. The lowest BCUT2D eigenvalue weighted by Crippen LogP contribution is -2.43. The lowest BCUT2D eigenvalue weighted by atomic mass is 9.83. The first-order chi connectivity index (χ1) is 13.5. The second kappa shape index (κ2) is 6.19. The van der Waals surface area contributed by atoms with Crippen LogP contribution < -0.4 is 5.32 Å². The molecule has 7 heteroatoms. The Hall–Kier alpha value is -2.63. The lowest BCUT2D eigenvalue weighted by Gasteiger charge is -2.34. The SMILES string of the molecule is O=C1NC(=O)[C@H]2[C@H]1[C@H](C(=O)c1ccc(Cl)cc1Cl)N1C=Cc3ccccc3[C@@H]21. The molecule has 0 saturated carbocycles. The molecule has 0 spiro atoms. The molecular formula is C21H14Cl2N2O3. The van der Waals surface area contributed by atoms with Crippen molar-refractivity contribution in [1.29, 1.82) is 0 Å². The van der Waals surface area contributed by atoms with Gasteiger partial charge in [-0.15, -0.1) is 0 Å². The summed E-state index contributed by atoms with van der Waals surface area (Å²) in [6.07, 6.45) is 3.71. The van der Waals surface area contributed by atoms with Crippen molar-refractivity contribution in [2.75, 3.05) is 0 Å². The molecule has 2 fully saturated rings. The summed E-state index contributed by atoms with van der Waals surface area (Å²) in [5.74, 6) is -2.45. The van der Waals surface area contributed by atoms with Crippen molar-refractivity contribution < 1.29 is 14.4 Å². The Bertz CT molecular complexity index is 1080. The first kappa shape index (κ1) is 17.5. The normalized spacial score (nSPS) is 27.3. The van der Waals surface area contributed by atoms with Gasteiger partial charge in [0, 0.05) is 16.8 Å². The fourth-order valence-electron chi connectivity index (χ4n) is 4.62. The maximum absolute atomic E-state index is 13.4. The third-order valence-corrected chi connectivity index (χ3v) is 6.32. The molecule has 5 nitrogen and oxygen atoms in total. The van der Waals surface area contributed by atoms with E-state index in [4.69, 9.17) is 23.2 Å². The van der Waals surface area contributed by atoms with E-state index in [1.165, 1.54) is 6.07 Å². The second-order valence-corrected chi connectivity index (χ2v) is 8.02. The monoisotopic (exact) mass is 412 g/mol. The molecule has 0 bridgehead atoms. The van der Waals surface area contributed by atoms with E-state index in [1.54, 1.807) is 18.3 Å². The number of hydrogen-bond acceptors (Lipinski definition) is 4. The smallest absolute Gasteiger partial charge is 0.233 e. The van der Waals surface area contributed by atoms with Crippen LogP contribution in [0.3, 0.4) is 0 Å². The van der Waals surface area contributed by atoms with E-state index in [-0.39, 0.29) is 28.3 Å². The maximum Gasteiger partial charge on any atom is 0.233 e. The fourth-order valence-corrected chi connectivity index (χ4v) is 5.12. The molecule has 2 amide bonds. The molecule has 4 atom stereocenters. The van der Waals surface area contributed by atoms with Crippen LogP contribution >= 0.6 is 23.2 Å². The molecule has 3 aliphatic rings. The van der Waals surface area contributed by atoms with Gasteiger partial charge in [-0.3, -0.25) is 19.7 Å². The van der Waals surface area contributed by atoms with E-state index in [0.29, 0.717) is 5.02 Å². The number of Topliss-reactive ketones (excluding diaryl/α,β-unsaturated/α-hetero) is 1. The van der Waals surface area contributed by atoms with Gasteiger partial charge in [-0.2, -0.15) is 0 Å². The quantitative estimate of drug-likeness (QED) is 0.605. The number of nitrogens with one attached hydrogen (secondary N) is 1. The van der Waals surface area contributed by atoms with Gasteiger partial charge in [0.2, 0.25) is 11.8 Å². The first-order valence-corrected chi connectivity index (χ1v) is 9.61. The van der Waals surface area contributed by atoms with Crippen LogP contribution in [-0.4, -0.2) is 28.5 Å². The van der Waals surface area contributed by atoms with Crippen LogP contribution in [0.1, 0.15) is 27.5 Å². The largest absolute Gasteiger partial charge is 0.358 e. The molecule has 0 aliphatic carbocycles. The van der Waals surface area contributed by atoms with Crippen molar-refractivity contribution >= 4 is 46.9 Å². The van der Waals surface area contributed by atoms with Crippen LogP contribution in [-0.2, 0) is 9.59 Å². The number of hydrogen-bond donors (Lipinski definition) is 1. The molecule has 1 N–H and O–H groups in total. The van der Waals surface area contributed by atoms with Crippen molar-refractivity contribution in [2.24, 2.45) is 11.8 Å². The van der Waals surface area contributed by atoms with E-state index in [1.807, 2.05) is 35.2 Å². The highest BCUT2D eigenvalue weighted by Gasteiger charge is 2.61. The van der Waals surface area contributed by atoms with Crippen LogP contribution in [0.5, 0.6) is 0 Å². The van der Waals surface area contributed by atoms with E-state index in [0.717, 1.165) is 11.1 Å². The zero-order chi connectivity index (χ0) is 19.6. The number of rotatable bonds is 2. The van der Waals surface area contributed by atoms with Crippen LogP contribution in [0, 0.1) is 11.8 Å². The molecule has 140 valence electrons.